The second kappa shape index (κ2) is 12.3. The van der Waals surface area contributed by atoms with Crippen LogP contribution in [0.15, 0.2) is 75.1 Å². The molecule has 2 amide bonds. The number of ether oxygens (including phenoxy) is 1. The lowest BCUT2D eigenvalue weighted by molar-refractivity contribution is -0.123. The fourth-order valence-electron chi connectivity index (χ4n) is 4.41. The van der Waals surface area contributed by atoms with Gasteiger partial charge in [0.15, 0.2) is 29.0 Å². The van der Waals surface area contributed by atoms with Gasteiger partial charge < -0.3 is 15.9 Å². The van der Waals surface area contributed by atoms with Crippen LogP contribution in [-0.2, 0) is 4.79 Å². The van der Waals surface area contributed by atoms with Crippen LogP contribution >= 0.6 is 0 Å². The van der Waals surface area contributed by atoms with Gasteiger partial charge in [-0.3, -0.25) is 19.9 Å². The number of aliphatic imine (C=N–C) groups is 1. The Labute approximate surface area is 241 Å². The van der Waals surface area contributed by atoms with E-state index in [1.165, 1.54) is 4.90 Å². The quantitative estimate of drug-likeness (QED) is 0.102. The van der Waals surface area contributed by atoms with Crippen molar-refractivity contribution in [2.24, 2.45) is 32.5 Å². The predicted molar refractivity (Wildman–Crippen MR) is 152 cm³/mol. The normalized spacial score (nSPS) is 15.7. The molecule has 4 rings (SSSR count). The van der Waals surface area contributed by atoms with Gasteiger partial charge in [-0.05, 0) is 65.8 Å². The van der Waals surface area contributed by atoms with Crippen molar-refractivity contribution < 1.29 is 23.1 Å². The molecule has 1 aliphatic heterocycles. The molecule has 0 aromatic heterocycles. The van der Waals surface area contributed by atoms with E-state index in [-0.39, 0.29) is 40.8 Å². The predicted octanol–water partition coefficient (Wildman–Crippen LogP) is 4.99. The summed E-state index contributed by atoms with van der Waals surface area (Å²) in [6, 6.07) is 8.28. The summed E-state index contributed by atoms with van der Waals surface area (Å²) in [4.78, 5) is 32.4. The second-order valence-electron chi connectivity index (χ2n) is 11.0. The molecule has 12 heteroatoms. The lowest BCUT2D eigenvalue weighted by Crippen LogP contribution is -2.34. The highest BCUT2D eigenvalue weighted by molar-refractivity contribution is 6.47. The number of amides is 2. The second-order valence-corrected chi connectivity index (χ2v) is 11.0. The summed E-state index contributed by atoms with van der Waals surface area (Å²) < 4.78 is 33.9. The van der Waals surface area contributed by atoms with Crippen molar-refractivity contribution in [2.75, 3.05) is 13.7 Å². The van der Waals surface area contributed by atoms with Gasteiger partial charge in [-0.15, -0.1) is 5.11 Å². The molecule has 1 saturated carbocycles. The third-order valence-electron chi connectivity index (χ3n) is 6.49. The first-order valence-corrected chi connectivity index (χ1v) is 13.2. The number of rotatable bonds is 8. The first kappa shape index (κ1) is 30.0. The van der Waals surface area contributed by atoms with Gasteiger partial charge in [0, 0.05) is 11.1 Å². The molecule has 4 N–H and O–H groups in total. The van der Waals surface area contributed by atoms with Gasteiger partial charge in [0.05, 0.1) is 19.7 Å². The van der Waals surface area contributed by atoms with Crippen molar-refractivity contribution in [2.45, 2.75) is 39.7 Å². The zero-order valence-electron chi connectivity index (χ0n) is 23.7. The van der Waals surface area contributed by atoms with E-state index in [0.717, 1.165) is 37.6 Å². The molecule has 0 radical (unpaired) electrons. The van der Waals surface area contributed by atoms with Crippen LogP contribution in [0.1, 0.15) is 61.1 Å². The maximum absolute atomic E-state index is 14.6. The molecule has 2 aliphatic rings. The van der Waals surface area contributed by atoms with E-state index in [9.17, 15) is 18.4 Å². The van der Waals surface area contributed by atoms with Gasteiger partial charge in [-0.2, -0.15) is 0 Å². The van der Waals surface area contributed by atoms with Crippen LogP contribution in [0.3, 0.4) is 0 Å². The molecule has 218 valence electrons. The van der Waals surface area contributed by atoms with Gasteiger partial charge in [0.25, 0.3) is 11.8 Å². The zero-order valence-corrected chi connectivity index (χ0v) is 23.7. The summed E-state index contributed by atoms with van der Waals surface area (Å²) in [5.74, 6) is 1.56. The molecule has 0 bridgehead atoms. The monoisotopic (exact) mass is 575 g/mol. The Morgan fingerprint density at radius 1 is 1.26 bits per heavy atom. The first-order chi connectivity index (χ1) is 19.9. The number of hydrogen-bond donors (Lipinski definition) is 3. The van der Waals surface area contributed by atoms with Crippen molar-refractivity contribution in [3.8, 4) is 5.75 Å². The minimum Gasteiger partial charge on any atom is -0.491 e. The van der Waals surface area contributed by atoms with E-state index in [1.807, 2.05) is 20.8 Å². The topological polar surface area (TPSA) is 146 Å². The van der Waals surface area contributed by atoms with Crippen LogP contribution < -0.4 is 15.9 Å². The lowest BCUT2D eigenvalue weighted by Gasteiger charge is -2.28. The number of benzene rings is 2. The Hall–Kier alpha value is -4.92. The van der Waals surface area contributed by atoms with Gasteiger partial charge in [0.1, 0.15) is 5.71 Å². The maximum Gasteiger partial charge on any atom is 0.279 e. The Bertz CT molecular complexity index is 1550. The Balaban J connectivity index is 1.72. The molecule has 2 aromatic rings. The fraction of sp³-hybridized carbons (Fsp3) is 0.333. The van der Waals surface area contributed by atoms with Crippen LogP contribution in [-0.4, -0.2) is 41.9 Å². The molecule has 0 unspecified atom stereocenters. The van der Waals surface area contributed by atoms with E-state index in [0.29, 0.717) is 5.56 Å². The molecule has 42 heavy (non-hydrogen) atoms. The molecular weight excluding hydrogens is 544 g/mol. The van der Waals surface area contributed by atoms with Crippen LogP contribution in [0.2, 0.25) is 0 Å². The minimum atomic E-state index is -0.955. The first-order valence-electron chi connectivity index (χ1n) is 13.2. The highest BCUT2D eigenvalue weighted by Crippen LogP contribution is 2.47. The van der Waals surface area contributed by atoms with Gasteiger partial charge in [0.2, 0.25) is 0 Å². The van der Waals surface area contributed by atoms with Crippen LogP contribution in [0.4, 0.5) is 8.78 Å². The summed E-state index contributed by atoms with van der Waals surface area (Å²) in [6.45, 7) is 5.80. The van der Waals surface area contributed by atoms with E-state index < -0.39 is 35.2 Å². The molecule has 2 aromatic carbocycles. The molecule has 10 nitrogen and oxygen atoms in total. The number of nitrogens with one attached hydrogen (secondary N) is 2. The van der Waals surface area contributed by atoms with E-state index in [2.05, 4.69) is 32.1 Å². The molecule has 0 spiro atoms. The standard InChI is InChI=1S/C30H31F2N7O3/c1-30(2,3)13-5-6-24-36-25(20-14-21(31)27(42-4)22(32)15-20)29(41)39(24)26(17-7-8-17)18-9-11-19(12-10-18)28(40)35-16-23(33)37-38-34/h9-15,17,26H,7-8,16H2,1-4H3,(H,35,40)(H3,33,34,37)/t26-/m1/s1. The number of nitrogens with two attached hydrogens (primary N) is 1. The Morgan fingerprint density at radius 2 is 1.90 bits per heavy atom. The van der Waals surface area contributed by atoms with Gasteiger partial charge in [-0.1, -0.05) is 43.9 Å². The molecular formula is C30H31F2N7O3. The highest BCUT2D eigenvalue weighted by atomic mass is 19.1. The lowest BCUT2D eigenvalue weighted by atomic mass is 9.97. The number of halogens is 2. The average molecular weight is 576 g/mol. The van der Waals surface area contributed by atoms with Crippen LogP contribution in [0, 0.1) is 28.4 Å². The highest BCUT2D eigenvalue weighted by Gasteiger charge is 2.44. The molecule has 1 atom stereocenters. The molecule has 1 heterocycles. The van der Waals surface area contributed by atoms with Crippen molar-refractivity contribution in [1.82, 2.24) is 10.2 Å². The maximum atomic E-state index is 14.6. The SMILES string of the molecule is COc1c(F)cc(C2=NC(=C=C=CC(C)(C)C)N([C@@H](c3ccc(C(=O)NCC(=N)/N=N\N)cc3)C3CC3)C2=O)cc1F. The fourth-order valence-corrected chi connectivity index (χ4v) is 4.41. The number of methoxy groups -OCH3 is 1. The molecule has 1 fully saturated rings. The largest absolute Gasteiger partial charge is 0.491 e. The van der Waals surface area contributed by atoms with Gasteiger partial charge >= 0.3 is 0 Å². The molecule has 1 aliphatic carbocycles. The van der Waals surface area contributed by atoms with Crippen LogP contribution in [0.25, 0.3) is 0 Å². The molecule has 0 saturated heterocycles. The van der Waals surface area contributed by atoms with E-state index in [1.54, 1.807) is 30.3 Å². The summed E-state index contributed by atoms with van der Waals surface area (Å²) in [5, 5.41) is 16.5. The number of amidine groups is 1. The number of hydrogen-bond acceptors (Lipinski definition) is 6. The number of carbonyl (C=O) groups excluding carboxylic acids is 2. The Morgan fingerprint density at radius 3 is 2.45 bits per heavy atom. The summed E-state index contributed by atoms with van der Waals surface area (Å²) in [5.41, 5.74) is 6.66. The smallest absolute Gasteiger partial charge is 0.279 e. The average Bonchev–Trinajstić information content (AvgIpc) is 3.71. The van der Waals surface area contributed by atoms with E-state index >= 15 is 0 Å². The summed E-state index contributed by atoms with van der Waals surface area (Å²) in [6.07, 6.45) is 3.49. The number of allylic oxidation sites excluding steroid dienone is 1. The minimum absolute atomic E-state index is 0.0290. The van der Waals surface area contributed by atoms with Crippen molar-refractivity contribution >= 4 is 23.4 Å². The third-order valence-corrected chi connectivity index (χ3v) is 6.49. The van der Waals surface area contributed by atoms with Crippen molar-refractivity contribution in [3.63, 3.8) is 0 Å². The van der Waals surface area contributed by atoms with Gasteiger partial charge in [-0.25, -0.2) is 13.8 Å². The third kappa shape index (κ3) is 6.86. The van der Waals surface area contributed by atoms with Crippen LogP contribution in [0.5, 0.6) is 5.75 Å². The summed E-state index contributed by atoms with van der Waals surface area (Å²) >= 11 is 0. The Kier molecular flexibility index (Phi) is 8.80. The van der Waals surface area contributed by atoms with Crippen molar-refractivity contribution in [3.05, 3.63) is 88.1 Å². The summed E-state index contributed by atoms with van der Waals surface area (Å²) in [7, 11) is 1.16. The number of nitrogens with zero attached hydrogens (tertiary/aromatic N) is 4. The zero-order chi connectivity index (χ0) is 30.6. The van der Waals surface area contributed by atoms with E-state index in [4.69, 9.17) is 16.0 Å². The number of carbonyl (C=O) groups is 2. The van der Waals surface area contributed by atoms with Crippen molar-refractivity contribution in [1.29, 1.82) is 5.41 Å².